The molecule has 0 saturated carbocycles. The fraction of sp³-hybridized carbons (Fsp3) is 0.650. The molecule has 0 radical (unpaired) electrons. The molecule has 1 spiro atoms. The first-order valence-electron chi connectivity index (χ1n) is 9.49. The fourth-order valence-corrected chi connectivity index (χ4v) is 4.61. The molecule has 1 aromatic rings. The number of hydrogen-bond acceptors (Lipinski definition) is 4. The van der Waals surface area contributed by atoms with Crippen LogP contribution in [-0.4, -0.2) is 54.8 Å². The summed E-state index contributed by atoms with van der Waals surface area (Å²) in [7, 11) is 0. The van der Waals surface area contributed by atoms with E-state index in [1.807, 2.05) is 36.9 Å². The molecule has 3 aliphatic heterocycles. The predicted molar refractivity (Wildman–Crippen MR) is 95.9 cm³/mol. The zero-order chi connectivity index (χ0) is 17.4. The minimum absolute atomic E-state index is 0.0932. The normalized spacial score (nSPS) is 31.3. The number of hydrogen-bond donors (Lipinski definition) is 1. The van der Waals surface area contributed by atoms with Crippen LogP contribution >= 0.6 is 0 Å². The second-order valence-electron chi connectivity index (χ2n) is 7.83. The van der Waals surface area contributed by atoms with Gasteiger partial charge in [0.15, 0.2) is 0 Å². The van der Waals surface area contributed by atoms with Crippen molar-refractivity contribution in [2.75, 3.05) is 26.2 Å². The number of carbonyl (C=O) groups is 1. The molecule has 3 unspecified atom stereocenters. The Kier molecular flexibility index (Phi) is 4.46. The molecule has 1 amide bonds. The van der Waals surface area contributed by atoms with Gasteiger partial charge in [0.05, 0.1) is 18.1 Å². The van der Waals surface area contributed by atoms with Gasteiger partial charge in [-0.25, -0.2) is 0 Å². The molecule has 0 aromatic heterocycles. The Morgan fingerprint density at radius 2 is 1.84 bits per heavy atom. The molecule has 2 saturated heterocycles. The van der Waals surface area contributed by atoms with Crippen molar-refractivity contribution < 1.29 is 14.3 Å². The van der Waals surface area contributed by atoms with Crippen molar-refractivity contribution in [1.29, 1.82) is 0 Å². The maximum atomic E-state index is 13.4. The number of fused-ring (bicyclic) bond motifs is 1. The van der Waals surface area contributed by atoms with Gasteiger partial charge < -0.3 is 19.7 Å². The summed E-state index contributed by atoms with van der Waals surface area (Å²) in [5.41, 5.74) is 0.840. The molecular weight excluding hydrogens is 316 g/mol. The van der Waals surface area contributed by atoms with E-state index in [1.165, 1.54) is 0 Å². The highest BCUT2D eigenvalue weighted by Gasteiger charge is 2.45. The SMILES string of the molecule is CC1CN(C(=O)C2CC3(CCNCC3)Oc3ccccc32)CC(C)O1. The van der Waals surface area contributed by atoms with Gasteiger partial charge in [-0.1, -0.05) is 18.2 Å². The molecule has 3 aliphatic rings. The van der Waals surface area contributed by atoms with Crippen molar-refractivity contribution in [3.8, 4) is 5.75 Å². The summed E-state index contributed by atoms with van der Waals surface area (Å²) in [6.07, 6.45) is 2.89. The van der Waals surface area contributed by atoms with E-state index in [0.29, 0.717) is 13.1 Å². The van der Waals surface area contributed by atoms with Gasteiger partial charge in [0.25, 0.3) is 0 Å². The Morgan fingerprint density at radius 3 is 2.56 bits per heavy atom. The Bertz CT molecular complexity index is 632. The number of carbonyl (C=O) groups excluding carboxylic acids is 1. The molecule has 0 aliphatic carbocycles. The van der Waals surface area contributed by atoms with Crippen molar-refractivity contribution in [2.45, 2.75) is 56.8 Å². The number of nitrogens with zero attached hydrogens (tertiary/aromatic N) is 1. The van der Waals surface area contributed by atoms with Crippen molar-refractivity contribution >= 4 is 5.91 Å². The second kappa shape index (κ2) is 6.61. The zero-order valence-corrected chi connectivity index (χ0v) is 15.2. The van der Waals surface area contributed by atoms with E-state index >= 15 is 0 Å². The number of ether oxygens (including phenoxy) is 2. The van der Waals surface area contributed by atoms with Crippen LogP contribution in [0.1, 0.15) is 44.6 Å². The lowest BCUT2D eigenvalue weighted by molar-refractivity contribution is -0.147. The summed E-state index contributed by atoms with van der Waals surface area (Å²) in [6, 6.07) is 8.08. The van der Waals surface area contributed by atoms with Crippen LogP contribution in [0, 0.1) is 0 Å². The van der Waals surface area contributed by atoms with Crippen LogP contribution in [-0.2, 0) is 9.53 Å². The number of benzene rings is 1. The van der Waals surface area contributed by atoms with E-state index in [1.54, 1.807) is 0 Å². The van der Waals surface area contributed by atoms with Crippen molar-refractivity contribution in [3.05, 3.63) is 29.8 Å². The summed E-state index contributed by atoms with van der Waals surface area (Å²) >= 11 is 0. The molecule has 5 heteroatoms. The molecule has 1 N–H and O–H groups in total. The topological polar surface area (TPSA) is 50.8 Å². The summed E-state index contributed by atoms with van der Waals surface area (Å²) in [6.45, 7) is 7.35. The summed E-state index contributed by atoms with van der Waals surface area (Å²) in [5, 5.41) is 3.41. The second-order valence-corrected chi connectivity index (χ2v) is 7.83. The minimum Gasteiger partial charge on any atom is -0.487 e. The summed E-state index contributed by atoms with van der Waals surface area (Å²) in [4.78, 5) is 15.4. The Labute approximate surface area is 149 Å². The summed E-state index contributed by atoms with van der Waals surface area (Å²) < 4.78 is 12.2. The molecule has 4 rings (SSSR count). The van der Waals surface area contributed by atoms with E-state index in [2.05, 4.69) is 11.4 Å². The van der Waals surface area contributed by atoms with E-state index in [0.717, 1.165) is 43.7 Å². The third-order valence-corrected chi connectivity index (χ3v) is 5.74. The molecule has 136 valence electrons. The maximum absolute atomic E-state index is 13.4. The Hall–Kier alpha value is -1.59. The molecular formula is C20H28N2O3. The Balaban J connectivity index is 1.63. The molecule has 1 aromatic carbocycles. The quantitative estimate of drug-likeness (QED) is 0.849. The Morgan fingerprint density at radius 1 is 1.16 bits per heavy atom. The van der Waals surface area contributed by atoms with Gasteiger partial charge in [0.2, 0.25) is 5.91 Å². The van der Waals surface area contributed by atoms with Crippen LogP contribution in [0.5, 0.6) is 5.75 Å². The fourth-order valence-electron chi connectivity index (χ4n) is 4.61. The lowest BCUT2D eigenvalue weighted by Crippen LogP contribution is -2.54. The third-order valence-electron chi connectivity index (χ3n) is 5.74. The van der Waals surface area contributed by atoms with E-state index in [9.17, 15) is 4.79 Å². The van der Waals surface area contributed by atoms with Gasteiger partial charge in [0.1, 0.15) is 11.4 Å². The highest BCUT2D eigenvalue weighted by Crippen LogP contribution is 2.45. The number of amides is 1. The van der Waals surface area contributed by atoms with Crippen molar-refractivity contribution in [1.82, 2.24) is 10.2 Å². The molecule has 0 bridgehead atoms. The van der Waals surface area contributed by atoms with Crippen LogP contribution < -0.4 is 10.1 Å². The number of piperidine rings is 1. The number of nitrogens with one attached hydrogen (secondary N) is 1. The minimum atomic E-state index is -0.205. The summed E-state index contributed by atoms with van der Waals surface area (Å²) in [5.74, 6) is 1.01. The van der Waals surface area contributed by atoms with Crippen molar-refractivity contribution in [3.63, 3.8) is 0 Å². The van der Waals surface area contributed by atoms with Crippen molar-refractivity contribution in [2.24, 2.45) is 0 Å². The van der Waals surface area contributed by atoms with E-state index in [4.69, 9.17) is 9.47 Å². The number of para-hydroxylation sites is 1. The monoisotopic (exact) mass is 344 g/mol. The van der Waals surface area contributed by atoms with Gasteiger partial charge >= 0.3 is 0 Å². The first kappa shape index (κ1) is 16.9. The van der Waals surface area contributed by atoms with E-state index < -0.39 is 0 Å². The van der Waals surface area contributed by atoms with Gasteiger partial charge in [-0.3, -0.25) is 4.79 Å². The molecule has 5 nitrogen and oxygen atoms in total. The largest absolute Gasteiger partial charge is 0.487 e. The third kappa shape index (κ3) is 3.27. The first-order chi connectivity index (χ1) is 12.1. The average Bonchev–Trinajstić information content (AvgIpc) is 2.60. The molecule has 3 heterocycles. The van der Waals surface area contributed by atoms with Crippen LogP contribution in [0.2, 0.25) is 0 Å². The van der Waals surface area contributed by atoms with Gasteiger partial charge in [-0.05, 0) is 45.8 Å². The number of rotatable bonds is 1. The highest BCUT2D eigenvalue weighted by molar-refractivity contribution is 5.85. The van der Waals surface area contributed by atoms with Gasteiger partial charge in [0, 0.05) is 25.1 Å². The average molecular weight is 344 g/mol. The van der Waals surface area contributed by atoms with Gasteiger partial charge in [-0.2, -0.15) is 0 Å². The predicted octanol–water partition coefficient (Wildman–Crippen LogP) is 2.31. The van der Waals surface area contributed by atoms with Crippen LogP contribution in [0.15, 0.2) is 24.3 Å². The maximum Gasteiger partial charge on any atom is 0.230 e. The van der Waals surface area contributed by atoms with Crippen LogP contribution in [0.25, 0.3) is 0 Å². The smallest absolute Gasteiger partial charge is 0.230 e. The molecule has 25 heavy (non-hydrogen) atoms. The lowest BCUT2D eigenvalue weighted by atomic mass is 9.77. The lowest BCUT2D eigenvalue weighted by Gasteiger charge is -2.46. The highest BCUT2D eigenvalue weighted by atomic mass is 16.5. The number of morpholine rings is 1. The standard InChI is InChI=1S/C20H28N2O3/c1-14-12-22(13-15(2)24-14)19(23)17-11-20(7-9-21-10-8-20)25-18-6-4-3-5-16(17)18/h3-6,14-15,17,21H,7-13H2,1-2H3. The molecule has 2 fully saturated rings. The van der Waals surface area contributed by atoms with Crippen LogP contribution in [0.4, 0.5) is 0 Å². The molecule has 3 atom stereocenters. The zero-order valence-electron chi connectivity index (χ0n) is 15.2. The van der Waals surface area contributed by atoms with E-state index in [-0.39, 0.29) is 29.6 Å². The first-order valence-corrected chi connectivity index (χ1v) is 9.49. The van der Waals surface area contributed by atoms with Gasteiger partial charge in [-0.15, -0.1) is 0 Å². The van der Waals surface area contributed by atoms with Crippen LogP contribution in [0.3, 0.4) is 0 Å².